The number of allylic oxidation sites excluding steroid dienone is 2. The zero-order valence-electron chi connectivity index (χ0n) is 16.2. The highest BCUT2D eigenvalue weighted by atomic mass is 16.7. The summed E-state index contributed by atoms with van der Waals surface area (Å²) in [5.74, 6) is 0. The normalized spacial score (nSPS) is 13.0. The molecular weight excluding hydrogens is 284 g/mol. The molecule has 0 bridgehead atoms. The van der Waals surface area contributed by atoms with E-state index in [0.717, 1.165) is 13.2 Å². The number of rotatable bonds is 18. The van der Waals surface area contributed by atoms with E-state index >= 15 is 0 Å². The molecule has 0 aromatic carbocycles. The molecule has 0 radical (unpaired) electrons. The van der Waals surface area contributed by atoms with E-state index in [1.54, 1.807) is 0 Å². The molecule has 0 saturated carbocycles. The number of ether oxygens (including phenoxy) is 2. The molecule has 0 aliphatic heterocycles. The summed E-state index contributed by atoms with van der Waals surface area (Å²) in [5, 5.41) is 0. The van der Waals surface area contributed by atoms with Crippen molar-refractivity contribution in [2.45, 2.75) is 111 Å². The van der Waals surface area contributed by atoms with Crippen LogP contribution in [0.4, 0.5) is 0 Å². The molecule has 0 aliphatic carbocycles. The van der Waals surface area contributed by atoms with Gasteiger partial charge in [-0.15, -0.1) is 0 Å². The number of hydrogen-bond donors (Lipinski definition) is 0. The predicted octanol–water partition coefficient (Wildman–Crippen LogP) is 7.03. The molecule has 2 heteroatoms. The zero-order valence-corrected chi connectivity index (χ0v) is 16.2. The van der Waals surface area contributed by atoms with Crippen molar-refractivity contribution in [3.05, 3.63) is 12.2 Å². The maximum absolute atomic E-state index is 5.57. The Labute approximate surface area is 146 Å². The van der Waals surface area contributed by atoms with E-state index in [-0.39, 0.29) is 6.29 Å². The van der Waals surface area contributed by atoms with Gasteiger partial charge in [0.15, 0.2) is 6.29 Å². The first-order chi connectivity index (χ1) is 11.3. The summed E-state index contributed by atoms with van der Waals surface area (Å²) in [7, 11) is 0. The highest BCUT2D eigenvalue weighted by molar-refractivity contribution is 4.81. The molecule has 0 aromatic heterocycles. The van der Waals surface area contributed by atoms with Crippen LogP contribution in [-0.4, -0.2) is 19.5 Å². The van der Waals surface area contributed by atoms with Gasteiger partial charge in [0.2, 0.25) is 0 Å². The van der Waals surface area contributed by atoms with Crippen molar-refractivity contribution in [3.63, 3.8) is 0 Å². The van der Waals surface area contributed by atoms with Crippen LogP contribution in [0.2, 0.25) is 0 Å². The van der Waals surface area contributed by atoms with E-state index < -0.39 is 0 Å². The van der Waals surface area contributed by atoms with Crippen molar-refractivity contribution in [1.82, 2.24) is 0 Å². The number of unbranched alkanes of at least 4 members (excludes halogenated alkanes) is 11. The van der Waals surface area contributed by atoms with Gasteiger partial charge in [-0.25, -0.2) is 0 Å². The molecule has 0 rings (SSSR count). The summed E-state index contributed by atoms with van der Waals surface area (Å²) >= 11 is 0. The van der Waals surface area contributed by atoms with E-state index in [0.29, 0.717) is 0 Å². The molecule has 1 unspecified atom stereocenters. The van der Waals surface area contributed by atoms with Gasteiger partial charge in [0.1, 0.15) is 0 Å². The first-order valence-electron chi connectivity index (χ1n) is 10.2. The van der Waals surface area contributed by atoms with Gasteiger partial charge in [-0.2, -0.15) is 0 Å². The maximum Gasteiger partial charge on any atom is 0.154 e. The lowest BCUT2D eigenvalue weighted by Gasteiger charge is -2.12. The molecule has 23 heavy (non-hydrogen) atoms. The van der Waals surface area contributed by atoms with E-state index in [1.807, 2.05) is 13.8 Å². The smallest absolute Gasteiger partial charge is 0.154 e. The van der Waals surface area contributed by atoms with Crippen molar-refractivity contribution in [3.8, 4) is 0 Å². The second-order valence-electron chi connectivity index (χ2n) is 6.48. The van der Waals surface area contributed by atoms with Gasteiger partial charge in [-0.3, -0.25) is 0 Å². The quantitative estimate of drug-likeness (QED) is 0.153. The van der Waals surface area contributed by atoms with E-state index in [4.69, 9.17) is 9.47 Å². The van der Waals surface area contributed by atoms with Crippen LogP contribution in [0.3, 0.4) is 0 Å². The highest BCUT2D eigenvalue weighted by Gasteiger charge is 1.99. The van der Waals surface area contributed by atoms with Gasteiger partial charge in [0, 0.05) is 13.2 Å². The van der Waals surface area contributed by atoms with Crippen LogP contribution in [0.15, 0.2) is 12.2 Å². The van der Waals surface area contributed by atoms with Crippen molar-refractivity contribution < 1.29 is 9.47 Å². The Morgan fingerprint density at radius 1 is 0.652 bits per heavy atom. The van der Waals surface area contributed by atoms with Gasteiger partial charge in [0.25, 0.3) is 0 Å². The Balaban J connectivity index is 3.08. The van der Waals surface area contributed by atoms with Crippen LogP contribution in [0.5, 0.6) is 0 Å². The fourth-order valence-corrected chi connectivity index (χ4v) is 2.70. The number of hydrogen-bond acceptors (Lipinski definition) is 2. The molecular formula is C21H42O2. The molecule has 0 N–H and O–H groups in total. The molecule has 0 fully saturated rings. The van der Waals surface area contributed by atoms with Crippen molar-refractivity contribution >= 4 is 0 Å². The van der Waals surface area contributed by atoms with Crippen LogP contribution in [0.25, 0.3) is 0 Å². The lowest BCUT2D eigenvalue weighted by atomic mass is 10.1. The largest absolute Gasteiger partial charge is 0.353 e. The molecule has 0 amide bonds. The summed E-state index contributed by atoms with van der Waals surface area (Å²) in [6.07, 6.45) is 22.1. The summed E-state index contributed by atoms with van der Waals surface area (Å²) in [6, 6.07) is 0. The van der Waals surface area contributed by atoms with Gasteiger partial charge in [-0.1, -0.05) is 70.4 Å². The second kappa shape index (κ2) is 19.7. The first-order valence-corrected chi connectivity index (χ1v) is 10.2. The van der Waals surface area contributed by atoms with Gasteiger partial charge < -0.3 is 9.47 Å². The Morgan fingerprint density at radius 2 is 1.17 bits per heavy atom. The third-order valence-corrected chi connectivity index (χ3v) is 4.16. The first kappa shape index (κ1) is 22.7. The van der Waals surface area contributed by atoms with Crippen LogP contribution in [0.1, 0.15) is 104 Å². The van der Waals surface area contributed by atoms with Crippen molar-refractivity contribution in [1.29, 1.82) is 0 Å². The maximum atomic E-state index is 5.57. The average Bonchev–Trinajstić information content (AvgIpc) is 2.54. The van der Waals surface area contributed by atoms with Gasteiger partial charge >= 0.3 is 0 Å². The van der Waals surface area contributed by atoms with Crippen molar-refractivity contribution in [2.24, 2.45) is 0 Å². The zero-order chi connectivity index (χ0) is 17.0. The van der Waals surface area contributed by atoms with E-state index in [9.17, 15) is 0 Å². The standard InChI is InChI=1S/C21H42O2/c1-4-6-7-8-9-10-11-12-13-14-15-16-17-18-19-20-23-21(3)22-5-2/h9-10,21H,4-8,11-20H2,1-3H3/b10-9-. The topological polar surface area (TPSA) is 18.5 Å². The monoisotopic (exact) mass is 326 g/mol. The van der Waals surface area contributed by atoms with Crippen LogP contribution in [-0.2, 0) is 9.47 Å². The summed E-state index contributed by atoms with van der Waals surface area (Å²) < 4.78 is 10.9. The van der Waals surface area contributed by atoms with Crippen LogP contribution >= 0.6 is 0 Å². The molecule has 0 saturated heterocycles. The fourth-order valence-electron chi connectivity index (χ4n) is 2.70. The highest BCUT2D eigenvalue weighted by Crippen LogP contribution is 2.10. The Kier molecular flexibility index (Phi) is 19.4. The Bertz CT molecular complexity index is 238. The molecule has 138 valence electrons. The third-order valence-electron chi connectivity index (χ3n) is 4.16. The Hall–Kier alpha value is -0.340. The molecule has 0 spiro atoms. The van der Waals surface area contributed by atoms with Gasteiger partial charge in [0.05, 0.1) is 0 Å². The van der Waals surface area contributed by atoms with E-state index in [1.165, 1.54) is 83.5 Å². The lowest BCUT2D eigenvalue weighted by Crippen LogP contribution is -2.13. The molecule has 0 aromatic rings. The van der Waals surface area contributed by atoms with Gasteiger partial charge in [-0.05, 0) is 46.0 Å². The molecule has 1 atom stereocenters. The van der Waals surface area contributed by atoms with Crippen molar-refractivity contribution in [2.75, 3.05) is 13.2 Å². The second-order valence-corrected chi connectivity index (χ2v) is 6.48. The SMILES string of the molecule is CCCCC/C=C\CCCCCCCCCCOC(C)OCC. The Morgan fingerprint density at radius 3 is 1.74 bits per heavy atom. The van der Waals surface area contributed by atoms with E-state index in [2.05, 4.69) is 19.1 Å². The summed E-state index contributed by atoms with van der Waals surface area (Å²) in [5.41, 5.74) is 0. The lowest BCUT2D eigenvalue weighted by molar-refractivity contribution is -0.127. The average molecular weight is 327 g/mol. The molecule has 0 aliphatic rings. The van der Waals surface area contributed by atoms with Crippen LogP contribution in [0, 0.1) is 0 Å². The predicted molar refractivity (Wildman–Crippen MR) is 102 cm³/mol. The molecule has 2 nitrogen and oxygen atoms in total. The minimum atomic E-state index is -0.0410. The molecule has 0 heterocycles. The summed E-state index contributed by atoms with van der Waals surface area (Å²) in [6.45, 7) is 7.82. The third kappa shape index (κ3) is 19.6. The minimum absolute atomic E-state index is 0.0410. The fraction of sp³-hybridized carbons (Fsp3) is 0.905. The summed E-state index contributed by atoms with van der Waals surface area (Å²) in [4.78, 5) is 0. The van der Waals surface area contributed by atoms with Crippen LogP contribution < -0.4 is 0 Å². The minimum Gasteiger partial charge on any atom is -0.353 e.